The molecule has 6 nitrogen and oxygen atoms in total. The van der Waals surface area contributed by atoms with E-state index >= 15 is 0 Å². The lowest BCUT2D eigenvalue weighted by molar-refractivity contribution is -0.384. The first-order chi connectivity index (χ1) is 13.5. The second-order valence-corrected chi connectivity index (χ2v) is 6.31. The summed E-state index contributed by atoms with van der Waals surface area (Å²) in [5.74, 6) is 0.192. The van der Waals surface area contributed by atoms with Crippen molar-refractivity contribution in [1.29, 1.82) is 0 Å². The summed E-state index contributed by atoms with van der Waals surface area (Å²) in [6.07, 6.45) is 0. The van der Waals surface area contributed by atoms with Crippen molar-refractivity contribution in [3.63, 3.8) is 0 Å². The highest BCUT2D eigenvalue weighted by molar-refractivity contribution is 6.13. The average Bonchev–Trinajstić information content (AvgIpc) is 2.73. The number of nitro benzene ring substituents is 1. The lowest BCUT2D eigenvalue weighted by Crippen LogP contribution is -2.33. The Morgan fingerprint density at radius 2 is 1.50 bits per heavy atom. The van der Waals surface area contributed by atoms with Gasteiger partial charge in [0.1, 0.15) is 5.84 Å². The van der Waals surface area contributed by atoms with Crippen LogP contribution in [0.25, 0.3) is 0 Å². The van der Waals surface area contributed by atoms with E-state index in [1.807, 2.05) is 61.5 Å². The Balaban J connectivity index is 1.98. The van der Waals surface area contributed by atoms with E-state index in [2.05, 4.69) is 4.99 Å². The minimum absolute atomic E-state index is 0.0594. The molecule has 0 saturated heterocycles. The van der Waals surface area contributed by atoms with Crippen LogP contribution in [0.15, 0.2) is 83.9 Å². The molecular formula is C22H19N3O3. The van der Waals surface area contributed by atoms with Gasteiger partial charge >= 0.3 is 0 Å². The first-order valence-corrected chi connectivity index (χ1v) is 8.69. The number of aryl methyl sites for hydroxylation is 1. The number of aliphatic imine (C=N–C) groups is 1. The maximum atomic E-state index is 13.0. The Kier molecular flexibility index (Phi) is 5.60. The van der Waals surface area contributed by atoms with E-state index in [9.17, 15) is 14.9 Å². The Bertz CT molecular complexity index is 1010. The summed E-state index contributed by atoms with van der Waals surface area (Å²) in [7, 11) is 1.64. The summed E-state index contributed by atoms with van der Waals surface area (Å²) < 4.78 is 0. The fourth-order valence-electron chi connectivity index (χ4n) is 2.68. The summed E-state index contributed by atoms with van der Waals surface area (Å²) in [6, 6.07) is 22.7. The largest absolute Gasteiger partial charge is 0.295 e. The highest BCUT2D eigenvalue weighted by Crippen LogP contribution is 2.19. The number of rotatable bonds is 4. The van der Waals surface area contributed by atoms with Crippen molar-refractivity contribution in [3.8, 4) is 0 Å². The molecule has 3 aromatic rings. The van der Waals surface area contributed by atoms with E-state index in [0.717, 1.165) is 16.8 Å². The van der Waals surface area contributed by atoms with Gasteiger partial charge in [0.2, 0.25) is 0 Å². The molecule has 0 saturated carbocycles. The standard InChI is InChI=1S/C22H19N3O3/c1-16-8-12-19(13-9-16)23-21(17-6-4-3-5-7-17)24(2)22(26)18-10-14-20(15-11-18)25(27)28/h3-15H,1-2H3. The highest BCUT2D eigenvalue weighted by Gasteiger charge is 2.19. The number of amides is 1. The van der Waals surface area contributed by atoms with E-state index in [1.165, 1.54) is 29.2 Å². The lowest BCUT2D eigenvalue weighted by atomic mass is 10.1. The van der Waals surface area contributed by atoms with Gasteiger partial charge in [0.05, 0.1) is 10.6 Å². The third kappa shape index (κ3) is 4.29. The van der Waals surface area contributed by atoms with Crippen LogP contribution in [-0.4, -0.2) is 28.6 Å². The van der Waals surface area contributed by atoms with Crippen LogP contribution in [0.2, 0.25) is 0 Å². The van der Waals surface area contributed by atoms with Crippen molar-refractivity contribution in [2.24, 2.45) is 4.99 Å². The average molecular weight is 373 g/mol. The first kappa shape index (κ1) is 19.0. The number of hydrogen-bond acceptors (Lipinski definition) is 4. The van der Waals surface area contributed by atoms with Gasteiger partial charge in [0.25, 0.3) is 11.6 Å². The molecule has 0 unspecified atom stereocenters. The molecule has 0 aromatic heterocycles. The number of amidine groups is 1. The molecule has 3 rings (SSSR count). The van der Waals surface area contributed by atoms with Crippen molar-refractivity contribution >= 4 is 23.1 Å². The molecule has 0 atom stereocenters. The van der Waals surface area contributed by atoms with Gasteiger partial charge in [0.15, 0.2) is 0 Å². The Morgan fingerprint density at radius 3 is 2.07 bits per heavy atom. The van der Waals surface area contributed by atoms with E-state index < -0.39 is 4.92 Å². The number of benzene rings is 3. The summed E-state index contributed by atoms with van der Waals surface area (Å²) in [5, 5.41) is 10.8. The Morgan fingerprint density at radius 1 is 0.893 bits per heavy atom. The zero-order valence-electron chi connectivity index (χ0n) is 15.6. The van der Waals surface area contributed by atoms with E-state index in [-0.39, 0.29) is 11.6 Å². The second kappa shape index (κ2) is 8.26. The molecule has 140 valence electrons. The Hall–Kier alpha value is -3.80. The molecule has 28 heavy (non-hydrogen) atoms. The van der Waals surface area contributed by atoms with Crippen LogP contribution in [0, 0.1) is 17.0 Å². The number of nitro groups is 1. The predicted molar refractivity (Wildman–Crippen MR) is 109 cm³/mol. The van der Waals surface area contributed by atoms with Gasteiger partial charge in [-0.2, -0.15) is 0 Å². The number of hydrogen-bond donors (Lipinski definition) is 0. The fourth-order valence-corrected chi connectivity index (χ4v) is 2.68. The maximum Gasteiger partial charge on any atom is 0.269 e. The summed E-state index contributed by atoms with van der Waals surface area (Å²) >= 11 is 0. The molecule has 0 radical (unpaired) electrons. The molecule has 6 heteroatoms. The van der Waals surface area contributed by atoms with Gasteiger partial charge in [-0.25, -0.2) is 4.99 Å². The van der Waals surface area contributed by atoms with E-state index in [1.54, 1.807) is 7.05 Å². The van der Waals surface area contributed by atoms with Crippen LogP contribution in [0.4, 0.5) is 11.4 Å². The third-order valence-corrected chi connectivity index (χ3v) is 4.25. The van der Waals surface area contributed by atoms with Crippen LogP contribution in [0.5, 0.6) is 0 Å². The number of nitrogens with zero attached hydrogens (tertiary/aromatic N) is 3. The minimum Gasteiger partial charge on any atom is -0.295 e. The second-order valence-electron chi connectivity index (χ2n) is 6.31. The zero-order chi connectivity index (χ0) is 20.1. The quantitative estimate of drug-likeness (QED) is 0.286. The topological polar surface area (TPSA) is 75.8 Å². The van der Waals surface area contributed by atoms with Crippen molar-refractivity contribution < 1.29 is 9.72 Å². The summed E-state index contributed by atoms with van der Waals surface area (Å²) in [4.78, 5) is 29.4. The predicted octanol–water partition coefficient (Wildman–Crippen LogP) is 4.75. The fraction of sp³-hybridized carbons (Fsp3) is 0.0909. The van der Waals surface area contributed by atoms with E-state index in [4.69, 9.17) is 0 Å². The van der Waals surface area contributed by atoms with Crippen molar-refractivity contribution in [2.45, 2.75) is 6.92 Å². The molecule has 0 bridgehead atoms. The Labute approximate surface area is 162 Å². The van der Waals surface area contributed by atoms with Crippen LogP contribution in [-0.2, 0) is 0 Å². The molecule has 3 aromatic carbocycles. The molecule has 0 aliphatic heterocycles. The molecule has 1 amide bonds. The normalized spacial score (nSPS) is 11.1. The number of carbonyl (C=O) groups excluding carboxylic acids is 1. The van der Waals surface area contributed by atoms with E-state index in [0.29, 0.717) is 11.4 Å². The van der Waals surface area contributed by atoms with Crippen LogP contribution < -0.4 is 0 Å². The van der Waals surface area contributed by atoms with Crippen molar-refractivity contribution in [3.05, 3.63) is 106 Å². The van der Waals surface area contributed by atoms with Gasteiger partial charge in [-0.05, 0) is 31.2 Å². The summed E-state index contributed by atoms with van der Waals surface area (Å²) in [6.45, 7) is 2.00. The molecule has 0 N–H and O–H groups in total. The van der Waals surface area contributed by atoms with Gasteiger partial charge in [0, 0.05) is 30.3 Å². The molecule has 0 fully saturated rings. The molecule has 0 aliphatic rings. The van der Waals surface area contributed by atoms with Gasteiger partial charge < -0.3 is 0 Å². The number of carbonyl (C=O) groups is 1. The lowest BCUT2D eigenvalue weighted by Gasteiger charge is -2.20. The SMILES string of the molecule is Cc1ccc(N=C(c2ccccc2)N(C)C(=O)c2ccc([N+](=O)[O-])cc2)cc1. The smallest absolute Gasteiger partial charge is 0.269 e. The van der Waals surface area contributed by atoms with Gasteiger partial charge in [-0.3, -0.25) is 19.8 Å². The maximum absolute atomic E-state index is 13.0. The van der Waals surface area contributed by atoms with Crippen LogP contribution in [0.1, 0.15) is 21.5 Å². The van der Waals surface area contributed by atoms with Gasteiger partial charge in [-0.15, -0.1) is 0 Å². The minimum atomic E-state index is -0.494. The molecule has 0 spiro atoms. The monoisotopic (exact) mass is 373 g/mol. The first-order valence-electron chi connectivity index (χ1n) is 8.69. The zero-order valence-corrected chi connectivity index (χ0v) is 15.6. The van der Waals surface area contributed by atoms with Crippen LogP contribution in [0.3, 0.4) is 0 Å². The highest BCUT2D eigenvalue weighted by atomic mass is 16.6. The summed E-state index contributed by atoms with van der Waals surface area (Å²) in [5.41, 5.74) is 2.93. The van der Waals surface area contributed by atoms with Crippen LogP contribution >= 0.6 is 0 Å². The van der Waals surface area contributed by atoms with Crippen molar-refractivity contribution in [2.75, 3.05) is 7.05 Å². The molecule has 0 heterocycles. The third-order valence-electron chi connectivity index (χ3n) is 4.25. The number of non-ortho nitro benzene ring substituents is 1. The van der Waals surface area contributed by atoms with Crippen molar-refractivity contribution in [1.82, 2.24) is 4.90 Å². The van der Waals surface area contributed by atoms with Gasteiger partial charge in [-0.1, -0.05) is 48.0 Å². The molecular weight excluding hydrogens is 354 g/mol. The molecule has 0 aliphatic carbocycles.